The first kappa shape index (κ1) is 17.8. The summed E-state index contributed by atoms with van der Waals surface area (Å²) in [5.41, 5.74) is 2.26. The largest absolute Gasteiger partial charge is 0.507 e. The maximum atomic E-state index is 12.5. The highest BCUT2D eigenvalue weighted by atomic mass is 16.5. The second kappa shape index (κ2) is 7.47. The molecule has 1 fully saturated rings. The monoisotopic (exact) mass is 354 g/mol. The number of benzene rings is 2. The molecule has 1 heterocycles. The Balaban J connectivity index is 1.89. The molecular formula is C20H22N2O4. The van der Waals surface area contributed by atoms with Crippen molar-refractivity contribution in [1.82, 2.24) is 0 Å². The zero-order valence-corrected chi connectivity index (χ0v) is 14.9. The molecule has 6 heteroatoms. The highest BCUT2D eigenvalue weighted by molar-refractivity contribution is 6.07. The second-order valence-corrected chi connectivity index (χ2v) is 6.36. The van der Waals surface area contributed by atoms with Gasteiger partial charge in [-0.1, -0.05) is 11.6 Å². The normalized spacial score (nSPS) is 14.2. The number of nitrogens with zero attached hydrogens (tertiary/aromatic N) is 1. The molecule has 0 atom stereocenters. The van der Waals surface area contributed by atoms with Crippen LogP contribution in [-0.2, 0) is 4.79 Å². The zero-order chi connectivity index (χ0) is 18.7. The quantitative estimate of drug-likeness (QED) is 0.881. The van der Waals surface area contributed by atoms with E-state index in [4.69, 9.17) is 4.74 Å². The molecule has 0 aliphatic carbocycles. The van der Waals surface area contributed by atoms with Gasteiger partial charge in [-0.25, -0.2) is 0 Å². The van der Waals surface area contributed by atoms with Gasteiger partial charge in [0.1, 0.15) is 11.5 Å². The fourth-order valence-corrected chi connectivity index (χ4v) is 3.07. The Morgan fingerprint density at radius 2 is 2.00 bits per heavy atom. The van der Waals surface area contributed by atoms with Gasteiger partial charge < -0.3 is 20.1 Å². The Morgan fingerprint density at radius 1 is 1.19 bits per heavy atom. The van der Waals surface area contributed by atoms with Crippen LogP contribution in [0.25, 0.3) is 0 Å². The summed E-state index contributed by atoms with van der Waals surface area (Å²) in [5, 5.41) is 12.7. The molecule has 0 unspecified atom stereocenters. The molecule has 0 radical (unpaired) electrons. The van der Waals surface area contributed by atoms with Crippen molar-refractivity contribution >= 4 is 23.2 Å². The van der Waals surface area contributed by atoms with E-state index in [1.165, 1.54) is 6.07 Å². The molecule has 1 aliphatic heterocycles. The van der Waals surface area contributed by atoms with Gasteiger partial charge in [-0.15, -0.1) is 0 Å². The van der Waals surface area contributed by atoms with Crippen molar-refractivity contribution < 1.29 is 19.4 Å². The van der Waals surface area contributed by atoms with Crippen LogP contribution in [0.3, 0.4) is 0 Å². The zero-order valence-electron chi connectivity index (χ0n) is 14.9. The van der Waals surface area contributed by atoms with E-state index >= 15 is 0 Å². The maximum absolute atomic E-state index is 12.5. The van der Waals surface area contributed by atoms with Crippen molar-refractivity contribution in [3.63, 3.8) is 0 Å². The van der Waals surface area contributed by atoms with Gasteiger partial charge in [-0.05, 0) is 50.1 Å². The number of methoxy groups -OCH3 is 1. The fraction of sp³-hybridized carbons (Fsp3) is 0.300. The number of aryl methyl sites for hydroxylation is 1. The summed E-state index contributed by atoms with van der Waals surface area (Å²) in [6, 6.07) is 10.0. The number of aromatic hydroxyl groups is 1. The smallest absolute Gasteiger partial charge is 0.259 e. The van der Waals surface area contributed by atoms with Gasteiger partial charge >= 0.3 is 0 Å². The third-order valence-corrected chi connectivity index (χ3v) is 4.45. The van der Waals surface area contributed by atoms with Crippen LogP contribution in [0.1, 0.15) is 35.2 Å². The standard InChI is InChI=1S/C20H22N2O4/c1-13-6-8-17(23)15(11-13)20(25)21-14-7-9-18(26-2)16(12-14)22-10-4-3-5-19(22)24/h6-9,11-12,23H,3-5,10H2,1-2H3,(H,21,25). The molecule has 1 saturated heterocycles. The molecule has 2 N–H and O–H groups in total. The number of piperidine rings is 1. The number of carbonyl (C=O) groups excluding carboxylic acids is 2. The third-order valence-electron chi connectivity index (χ3n) is 4.45. The lowest BCUT2D eigenvalue weighted by molar-refractivity contribution is -0.119. The van der Waals surface area contributed by atoms with E-state index in [0.29, 0.717) is 30.1 Å². The Labute approximate surface area is 152 Å². The highest BCUT2D eigenvalue weighted by Gasteiger charge is 2.23. The lowest BCUT2D eigenvalue weighted by Crippen LogP contribution is -2.35. The summed E-state index contributed by atoms with van der Waals surface area (Å²) in [6.45, 7) is 2.48. The van der Waals surface area contributed by atoms with Crippen LogP contribution in [0.5, 0.6) is 11.5 Å². The Kier molecular flexibility index (Phi) is 5.11. The summed E-state index contributed by atoms with van der Waals surface area (Å²) in [6.07, 6.45) is 2.33. The summed E-state index contributed by atoms with van der Waals surface area (Å²) in [7, 11) is 1.55. The highest BCUT2D eigenvalue weighted by Crippen LogP contribution is 2.34. The van der Waals surface area contributed by atoms with Crippen LogP contribution >= 0.6 is 0 Å². The predicted octanol–water partition coefficient (Wildman–Crippen LogP) is 3.48. The van der Waals surface area contributed by atoms with E-state index < -0.39 is 5.91 Å². The fourth-order valence-electron chi connectivity index (χ4n) is 3.07. The number of hydrogen-bond acceptors (Lipinski definition) is 4. The van der Waals surface area contributed by atoms with Gasteiger partial charge in [0.15, 0.2) is 0 Å². The Bertz CT molecular complexity index is 848. The predicted molar refractivity (Wildman–Crippen MR) is 100.0 cm³/mol. The molecule has 0 spiro atoms. The van der Waals surface area contributed by atoms with Crippen LogP contribution in [0.15, 0.2) is 36.4 Å². The van der Waals surface area contributed by atoms with Crippen LogP contribution in [0.2, 0.25) is 0 Å². The van der Waals surface area contributed by atoms with Gasteiger partial charge in [0, 0.05) is 18.7 Å². The number of nitrogens with one attached hydrogen (secondary N) is 1. The van der Waals surface area contributed by atoms with Crippen LogP contribution in [0.4, 0.5) is 11.4 Å². The van der Waals surface area contributed by atoms with Gasteiger partial charge in [0.05, 0.1) is 18.4 Å². The van der Waals surface area contributed by atoms with E-state index in [9.17, 15) is 14.7 Å². The molecular weight excluding hydrogens is 332 g/mol. The Morgan fingerprint density at radius 3 is 2.73 bits per heavy atom. The molecule has 0 aromatic heterocycles. The van der Waals surface area contributed by atoms with E-state index in [1.54, 1.807) is 42.3 Å². The summed E-state index contributed by atoms with van der Waals surface area (Å²) in [4.78, 5) is 26.5. The number of phenolic OH excluding ortho intramolecular Hbond substituents is 1. The van der Waals surface area contributed by atoms with E-state index in [-0.39, 0.29) is 17.2 Å². The Hall–Kier alpha value is -3.02. The molecule has 2 amide bonds. The average Bonchev–Trinajstić information content (AvgIpc) is 2.64. The molecule has 6 nitrogen and oxygen atoms in total. The average molecular weight is 354 g/mol. The molecule has 2 aromatic carbocycles. The summed E-state index contributed by atoms with van der Waals surface area (Å²) in [5.74, 6) is 0.145. The lowest BCUT2D eigenvalue weighted by atomic mass is 10.1. The van der Waals surface area contributed by atoms with E-state index in [1.807, 2.05) is 6.92 Å². The van der Waals surface area contributed by atoms with Crippen LogP contribution in [0, 0.1) is 6.92 Å². The molecule has 1 aliphatic rings. The third kappa shape index (κ3) is 3.64. The van der Waals surface area contributed by atoms with Gasteiger partial charge in [0.25, 0.3) is 5.91 Å². The number of anilines is 2. The molecule has 2 aromatic rings. The molecule has 0 saturated carbocycles. The van der Waals surface area contributed by atoms with E-state index in [2.05, 4.69) is 5.32 Å². The second-order valence-electron chi connectivity index (χ2n) is 6.36. The molecule has 136 valence electrons. The van der Waals surface area contributed by atoms with Gasteiger partial charge in [-0.3, -0.25) is 9.59 Å². The minimum Gasteiger partial charge on any atom is -0.507 e. The SMILES string of the molecule is COc1ccc(NC(=O)c2cc(C)ccc2O)cc1N1CCCCC1=O. The summed E-state index contributed by atoms with van der Waals surface area (Å²) < 4.78 is 5.38. The number of phenols is 1. The first-order valence-electron chi connectivity index (χ1n) is 8.59. The lowest BCUT2D eigenvalue weighted by Gasteiger charge is -2.28. The van der Waals surface area contributed by atoms with Gasteiger partial charge in [0.2, 0.25) is 5.91 Å². The van der Waals surface area contributed by atoms with Crippen molar-refractivity contribution in [2.24, 2.45) is 0 Å². The number of carbonyl (C=O) groups is 2. The first-order valence-corrected chi connectivity index (χ1v) is 8.59. The number of amides is 2. The van der Waals surface area contributed by atoms with Crippen molar-refractivity contribution in [1.29, 1.82) is 0 Å². The maximum Gasteiger partial charge on any atom is 0.259 e. The van der Waals surface area contributed by atoms with Crippen molar-refractivity contribution in [2.45, 2.75) is 26.2 Å². The molecule has 0 bridgehead atoms. The number of hydrogen-bond donors (Lipinski definition) is 2. The minimum absolute atomic E-state index is 0.0503. The topological polar surface area (TPSA) is 78.9 Å². The molecule has 26 heavy (non-hydrogen) atoms. The van der Waals surface area contributed by atoms with E-state index in [0.717, 1.165) is 18.4 Å². The van der Waals surface area contributed by atoms with Crippen LogP contribution < -0.4 is 15.0 Å². The molecule has 3 rings (SSSR count). The van der Waals surface area contributed by atoms with Crippen molar-refractivity contribution in [3.8, 4) is 11.5 Å². The summed E-state index contributed by atoms with van der Waals surface area (Å²) >= 11 is 0. The van der Waals surface area contributed by atoms with Crippen molar-refractivity contribution in [2.75, 3.05) is 23.9 Å². The number of ether oxygens (including phenoxy) is 1. The minimum atomic E-state index is -0.410. The van der Waals surface area contributed by atoms with Crippen molar-refractivity contribution in [3.05, 3.63) is 47.5 Å². The first-order chi connectivity index (χ1) is 12.5. The van der Waals surface area contributed by atoms with Crippen LogP contribution in [-0.4, -0.2) is 30.6 Å². The number of rotatable bonds is 4. The van der Waals surface area contributed by atoms with Gasteiger partial charge in [-0.2, -0.15) is 0 Å².